The summed E-state index contributed by atoms with van der Waals surface area (Å²) in [6.45, 7) is 2.93. The van der Waals surface area contributed by atoms with Crippen LogP contribution in [0.4, 0.5) is 0 Å². The van der Waals surface area contributed by atoms with E-state index in [0.29, 0.717) is 12.6 Å². The van der Waals surface area contributed by atoms with E-state index in [1.807, 2.05) is 0 Å². The fourth-order valence-electron chi connectivity index (χ4n) is 2.55. The van der Waals surface area contributed by atoms with Gasteiger partial charge in [-0.25, -0.2) is 4.79 Å². The van der Waals surface area contributed by atoms with E-state index in [2.05, 4.69) is 17.2 Å². The molecule has 1 saturated carbocycles. The highest BCUT2D eigenvalue weighted by atomic mass is 16.4. The Labute approximate surface area is 107 Å². The third-order valence-corrected chi connectivity index (χ3v) is 3.78. The topological polar surface area (TPSA) is 62.2 Å². The van der Waals surface area contributed by atoms with Crippen LogP contribution in [0.3, 0.4) is 0 Å². The van der Waals surface area contributed by atoms with Crippen LogP contribution in [0.25, 0.3) is 0 Å². The average Bonchev–Trinajstić information content (AvgIpc) is 2.90. The molecule has 18 heavy (non-hydrogen) atoms. The summed E-state index contributed by atoms with van der Waals surface area (Å²) in [6, 6.07) is 3.89. The molecule has 98 valence electrons. The van der Waals surface area contributed by atoms with Crippen molar-refractivity contribution in [2.75, 3.05) is 0 Å². The number of nitrogens with zero attached hydrogens (tertiary/aromatic N) is 1. The fourth-order valence-corrected chi connectivity index (χ4v) is 2.55. The van der Waals surface area contributed by atoms with Gasteiger partial charge in [0.05, 0.1) is 11.3 Å². The van der Waals surface area contributed by atoms with Crippen molar-refractivity contribution in [3.05, 3.63) is 29.6 Å². The van der Waals surface area contributed by atoms with Crippen LogP contribution in [-0.2, 0) is 6.54 Å². The molecular weight excluding hydrogens is 228 g/mol. The number of rotatable bonds is 5. The molecule has 1 fully saturated rings. The van der Waals surface area contributed by atoms with Gasteiger partial charge in [-0.3, -0.25) is 4.98 Å². The van der Waals surface area contributed by atoms with Gasteiger partial charge in [0.2, 0.25) is 0 Å². The van der Waals surface area contributed by atoms with E-state index in [-0.39, 0.29) is 5.56 Å². The fraction of sp³-hybridized carbons (Fsp3) is 0.571. The number of carboxylic acid groups (broad SMARTS) is 1. The summed E-state index contributed by atoms with van der Waals surface area (Å²) < 4.78 is 0. The Kier molecular flexibility index (Phi) is 4.31. The summed E-state index contributed by atoms with van der Waals surface area (Å²) in [5, 5.41) is 12.3. The second-order valence-electron chi connectivity index (χ2n) is 5.06. The van der Waals surface area contributed by atoms with Crippen molar-refractivity contribution in [1.29, 1.82) is 0 Å². The molecule has 4 heteroatoms. The van der Waals surface area contributed by atoms with E-state index in [9.17, 15) is 4.79 Å². The Morgan fingerprint density at radius 1 is 1.50 bits per heavy atom. The highest BCUT2D eigenvalue weighted by molar-refractivity contribution is 5.87. The van der Waals surface area contributed by atoms with E-state index in [4.69, 9.17) is 5.11 Å². The van der Waals surface area contributed by atoms with E-state index < -0.39 is 5.97 Å². The summed E-state index contributed by atoms with van der Waals surface area (Å²) >= 11 is 0. The van der Waals surface area contributed by atoms with Crippen molar-refractivity contribution in [3.63, 3.8) is 0 Å². The number of carbonyl (C=O) groups is 1. The van der Waals surface area contributed by atoms with E-state index >= 15 is 0 Å². The van der Waals surface area contributed by atoms with Crippen molar-refractivity contribution in [1.82, 2.24) is 10.3 Å². The van der Waals surface area contributed by atoms with Gasteiger partial charge in [0.1, 0.15) is 0 Å². The summed E-state index contributed by atoms with van der Waals surface area (Å²) in [7, 11) is 0. The van der Waals surface area contributed by atoms with Crippen LogP contribution in [-0.4, -0.2) is 22.1 Å². The lowest BCUT2D eigenvalue weighted by molar-refractivity contribution is 0.0696. The Morgan fingerprint density at radius 2 is 2.22 bits per heavy atom. The summed E-state index contributed by atoms with van der Waals surface area (Å²) in [5.41, 5.74) is 1.13. The molecule has 2 N–H and O–H groups in total. The van der Waals surface area contributed by atoms with Crippen LogP contribution in [0.1, 0.15) is 48.7 Å². The minimum absolute atomic E-state index is 0.239. The highest BCUT2D eigenvalue weighted by Gasteiger charge is 2.20. The highest BCUT2D eigenvalue weighted by Crippen LogP contribution is 2.27. The van der Waals surface area contributed by atoms with Gasteiger partial charge in [-0.15, -0.1) is 0 Å². The van der Waals surface area contributed by atoms with Crippen LogP contribution >= 0.6 is 0 Å². The number of aromatic nitrogens is 1. The lowest BCUT2D eigenvalue weighted by Gasteiger charge is -2.20. The number of pyridine rings is 1. The predicted molar refractivity (Wildman–Crippen MR) is 69.5 cm³/mol. The van der Waals surface area contributed by atoms with Crippen LogP contribution in [0.5, 0.6) is 0 Å². The van der Waals surface area contributed by atoms with Crippen LogP contribution in [0.15, 0.2) is 18.3 Å². The van der Waals surface area contributed by atoms with E-state index in [0.717, 1.165) is 11.6 Å². The zero-order valence-electron chi connectivity index (χ0n) is 10.7. The van der Waals surface area contributed by atoms with Crippen LogP contribution in [0.2, 0.25) is 0 Å². The third kappa shape index (κ3) is 3.29. The van der Waals surface area contributed by atoms with Crippen LogP contribution in [0, 0.1) is 5.92 Å². The molecule has 0 saturated heterocycles. The summed E-state index contributed by atoms with van der Waals surface area (Å²) in [5.74, 6) is -0.148. The minimum Gasteiger partial charge on any atom is -0.478 e. The molecule has 0 radical (unpaired) electrons. The first-order valence-electron chi connectivity index (χ1n) is 6.58. The number of carboxylic acids is 1. The minimum atomic E-state index is -0.929. The number of nitrogens with one attached hydrogen (secondary N) is 1. The van der Waals surface area contributed by atoms with Gasteiger partial charge in [-0.05, 0) is 37.8 Å². The SMILES string of the molecule is C[C@@H](NCc1ccc(C(=O)O)cn1)C1CCCC1. The van der Waals surface area contributed by atoms with Gasteiger partial charge in [-0.1, -0.05) is 12.8 Å². The molecular formula is C14H20N2O2. The lowest BCUT2D eigenvalue weighted by Crippen LogP contribution is -2.32. The second-order valence-corrected chi connectivity index (χ2v) is 5.06. The zero-order chi connectivity index (χ0) is 13.0. The van der Waals surface area contributed by atoms with E-state index in [1.54, 1.807) is 12.1 Å². The number of aromatic carboxylic acids is 1. The van der Waals surface area contributed by atoms with Gasteiger partial charge >= 0.3 is 5.97 Å². The molecule has 0 spiro atoms. The Bertz CT molecular complexity index is 397. The molecule has 4 nitrogen and oxygen atoms in total. The molecule has 1 aliphatic rings. The Balaban J connectivity index is 1.84. The first kappa shape index (κ1) is 13.0. The van der Waals surface area contributed by atoms with Gasteiger partial charge in [0.15, 0.2) is 0 Å². The molecule has 0 amide bonds. The van der Waals surface area contributed by atoms with Crippen molar-refractivity contribution in [2.24, 2.45) is 5.92 Å². The maximum absolute atomic E-state index is 10.7. The lowest BCUT2D eigenvalue weighted by atomic mass is 10.00. The Hall–Kier alpha value is -1.42. The molecule has 1 aromatic heterocycles. The van der Waals surface area contributed by atoms with Gasteiger partial charge in [0.25, 0.3) is 0 Å². The molecule has 1 aliphatic carbocycles. The molecule has 0 aliphatic heterocycles. The average molecular weight is 248 g/mol. The first-order chi connectivity index (χ1) is 8.66. The molecule has 1 aromatic rings. The molecule has 1 atom stereocenters. The largest absolute Gasteiger partial charge is 0.478 e. The van der Waals surface area contributed by atoms with Gasteiger partial charge in [0, 0.05) is 18.8 Å². The monoisotopic (exact) mass is 248 g/mol. The second kappa shape index (κ2) is 5.96. The maximum atomic E-state index is 10.7. The smallest absolute Gasteiger partial charge is 0.337 e. The number of hydrogen-bond acceptors (Lipinski definition) is 3. The predicted octanol–water partition coefficient (Wildman–Crippen LogP) is 2.45. The van der Waals surface area contributed by atoms with Crippen molar-refractivity contribution >= 4 is 5.97 Å². The molecule has 0 bridgehead atoms. The van der Waals surface area contributed by atoms with Crippen molar-refractivity contribution < 1.29 is 9.90 Å². The van der Waals surface area contributed by atoms with Crippen molar-refractivity contribution in [2.45, 2.75) is 45.2 Å². The summed E-state index contributed by atoms with van der Waals surface area (Å²) in [6.07, 6.45) is 6.75. The summed E-state index contributed by atoms with van der Waals surface area (Å²) in [4.78, 5) is 14.9. The normalized spacial score (nSPS) is 17.8. The third-order valence-electron chi connectivity index (χ3n) is 3.78. The first-order valence-corrected chi connectivity index (χ1v) is 6.58. The maximum Gasteiger partial charge on any atom is 0.337 e. The number of hydrogen-bond donors (Lipinski definition) is 2. The van der Waals surface area contributed by atoms with Gasteiger partial charge < -0.3 is 10.4 Å². The Morgan fingerprint density at radius 3 is 2.78 bits per heavy atom. The zero-order valence-corrected chi connectivity index (χ0v) is 10.7. The quantitative estimate of drug-likeness (QED) is 0.840. The molecule has 2 rings (SSSR count). The molecule has 1 heterocycles. The van der Waals surface area contributed by atoms with Crippen LogP contribution < -0.4 is 5.32 Å². The van der Waals surface area contributed by atoms with E-state index in [1.165, 1.54) is 31.9 Å². The van der Waals surface area contributed by atoms with Gasteiger partial charge in [-0.2, -0.15) is 0 Å². The standard InChI is InChI=1S/C14H20N2O2/c1-10(11-4-2-3-5-11)15-9-13-7-6-12(8-16-13)14(17)18/h6-8,10-11,15H,2-5,9H2,1H3,(H,17,18)/t10-/m1/s1. The molecule has 0 unspecified atom stereocenters. The van der Waals surface area contributed by atoms with Crippen molar-refractivity contribution in [3.8, 4) is 0 Å². The molecule has 0 aromatic carbocycles.